The molecule has 0 fully saturated rings. The van der Waals surface area contributed by atoms with Gasteiger partial charge in [0, 0.05) is 41.8 Å². The smallest absolute Gasteiger partial charge is 0.657 e. The quantitative estimate of drug-likeness (QED) is 0.166. The second-order valence-corrected chi connectivity index (χ2v) is 17.6. The Morgan fingerprint density at radius 2 is 0.612 bits per heavy atom. The third kappa shape index (κ3) is 6.14. The molecule has 4 nitrogen and oxygen atoms in total. The van der Waals surface area contributed by atoms with E-state index in [9.17, 15) is 0 Å². The normalized spacial score (nSPS) is 12.2. The average molecular weight is 840 g/mol. The summed E-state index contributed by atoms with van der Waals surface area (Å²) in [6.45, 7) is 0. The third-order valence-electron chi connectivity index (χ3n) is 7.89. The van der Waals surface area contributed by atoms with E-state index in [0.29, 0.717) is 17.3 Å². The second-order valence-electron chi connectivity index (χ2n) is 10.8. The van der Waals surface area contributed by atoms with Gasteiger partial charge in [0.25, 0.3) is 0 Å². The first-order chi connectivity index (χ1) is 23.4. The van der Waals surface area contributed by atoms with Crippen molar-refractivity contribution in [1.29, 1.82) is 0 Å². The predicted molar refractivity (Wildman–Crippen MR) is 210 cm³/mol. The van der Waals surface area contributed by atoms with Crippen molar-refractivity contribution >= 4 is 138 Å². The second kappa shape index (κ2) is 13.4. The Bertz CT molecular complexity index is 2300. The molecule has 0 saturated carbocycles. The van der Waals surface area contributed by atoms with Crippen LogP contribution in [0.1, 0.15) is 22.8 Å². The van der Waals surface area contributed by atoms with Crippen molar-refractivity contribution in [1.82, 2.24) is 19.9 Å². The summed E-state index contributed by atoms with van der Waals surface area (Å²) < 4.78 is 2.74. The van der Waals surface area contributed by atoms with E-state index in [2.05, 4.69) is 0 Å². The molecule has 0 unspecified atom stereocenters. The maximum Gasteiger partial charge on any atom is 2.00 e. The number of fused-ring (bicyclic) bond motifs is 8. The fourth-order valence-electron chi connectivity index (χ4n) is 5.89. The van der Waals surface area contributed by atoms with Gasteiger partial charge in [-0.25, -0.2) is 9.97 Å². The number of hydrogen-bond acceptors (Lipinski definition) is 6. The van der Waals surface area contributed by atoms with Crippen LogP contribution in [0.2, 0.25) is 17.3 Å². The van der Waals surface area contributed by atoms with Crippen molar-refractivity contribution in [2.45, 2.75) is 0 Å². The van der Waals surface area contributed by atoms with E-state index < -0.39 is 0 Å². The van der Waals surface area contributed by atoms with Gasteiger partial charge in [-0.1, -0.05) is 70.7 Å². The predicted octanol–water partition coefficient (Wildman–Crippen LogP) is 13.4. The largest absolute Gasteiger partial charge is 2.00 e. The average Bonchev–Trinajstić information content (AvgIpc) is 3.89. The summed E-state index contributed by atoms with van der Waals surface area (Å²) in [4.78, 5) is 24.8. The van der Waals surface area contributed by atoms with Gasteiger partial charge in [0.15, 0.2) is 0 Å². The molecule has 0 aliphatic carbocycles. The molecular formula is C36H16Cl4N4S4Zn. The number of thiophene rings is 4. The molecule has 0 atom stereocenters. The first-order valence-electron chi connectivity index (χ1n) is 14.5. The summed E-state index contributed by atoms with van der Waals surface area (Å²) in [5, 5.41) is 0. The number of rotatable bonds is 4. The monoisotopic (exact) mass is 836 g/mol. The molecule has 2 aliphatic rings. The maximum atomic E-state index is 6.48. The number of hydrogen-bond donors (Lipinski definition) is 0. The van der Waals surface area contributed by atoms with Crippen LogP contribution in [-0.2, 0) is 19.5 Å². The Kier molecular flexibility index (Phi) is 9.10. The Balaban J connectivity index is 0.00000348. The minimum Gasteiger partial charge on any atom is -0.657 e. The molecule has 13 heteroatoms. The third-order valence-corrected chi connectivity index (χ3v) is 12.9. The Hall–Kier alpha value is -2.82. The molecule has 0 aromatic carbocycles. The van der Waals surface area contributed by atoms with Gasteiger partial charge >= 0.3 is 19.5 Å². The molecule has 0 N–H and O–H groups in total. The minimum absolute atomic E-state index is 0. The van der Waals surface area contributed by atoms with Crippen molar-refractivity contribution in [3.8, 4) is 41.8 Å². The van der Waals surface area contributed by atoms with Crippen LogP contribution in [0, 0.1) is 0 Å². The van der Waals surface area contributed by atoms with Gasteiger partial charge in [-0.2, -0.15) is 0 Å². The molecule has 8 bridgehead atoms. The van der Waals surface area contributed by atoms with Crippen molar-refractivity contribution < 1.29 is 19.5 Å². The molecule has 2 aliphatic heterocycles. The zero-order valence-electron chi connectivity index (χ0n) is 24.9. The standard InChI is InChI=1S/C36H16Cl4N4S4.Zn/c37-29-13-9-25(45-29)33-17-1-2-18(41-17)34(26-10-14-30(38)46-26)20-5-6-22(43-20)36(28-12-16-32(40)48-28)24-8-7-23(44-24)35(21-4-3-19(33)42-21)27-11-15-31(39)47-27;/h1-16H;/q-2;+2. The van der Waals surface area contributed by atoms with E-state index in [1.54, 1.807) is 0 Å². The molecule has 7 aromatic rings. The molecule has 9 rings (SSSR count). The summed E-state index contributed by atoms with van der Waals surface area (Å²) >= 11 is 31.9. The van der Waals surface area contributed by atoms with E-state index >= 15 is 0 Å². The van der Waals surface area contributed by atoms with Crippen LogP contribution in [0.15, 0.2) is 72.8 Å². The molecule has 0 radical (unpaired) electrons. The molecule has 7 aromatic heterocycles. The van der Waals surface area contributed by atoms with Crippen LogP contribution in [0.4, 0.5) is 0 Å². The van der Waals surface area contributed by atoms with E-state index in [-0.39, 0.29) is 19.5 Å². The molecular weight excluding hydrogens is 824 g/mol. The number of aromatic nitrogens is 4. The Morgan fingerprint density at radius 1 is 0.367 bits per heavy atom. The van der Waals surface area contributed by atoms with Gasteiger partial charge < -0.3 is 9.97 Å². The molecule has 234 valence electrons. The van der Waals surface area contributed by atoms with Crippen molar-refractivity contribution in [3.63, 3.8) is 0 Å². The van der Waals surface area contributed by atoms with Crippen LogP contribution in [0.25, 0.3) is 88.1 Å². The number of nitrogens with zero attached hydrogens (tertiary/aromatic N) is 4. The van der Waals surface area contributed by atoms with Gasteiger partial charge in [0.05, 0.1) is 40.1 Å². The summed E-state index contributed by atoms with van der Waals surface area (Å²) in [6, 6.07) is 23.8. The van der Waals surface area contributed by atoms with E-state index in [1.165, 1.54) is 45.3 Å². The van der Waals surface area contributed by atoms with Crippen LogP contribution in [0.5, 0.6) is 0 Å². The summed E-state index contributed by atoms with van der Waals surface area (Å²) in [5.74, 6) is 0. The Labute approximate surface area is 329 Å². The zero-order valence-corrected chi connectivity index (χ0v) is 34.1. The van der Waals surface area contributed by atoms with Crippen LogP contribution >= 0.6 is 91.8 Å². The first kappa shape index (κ1) is 33.3. The minimum atomic E-state index is 0. The van der Waals surface area contributed by atoms with E-state index in [1.807, 2.05) is 97.1 Å². The van der Waals surface area contributed by atoms with Crippen molar-refractivity contribution in [2.24, 2.45) is 0 Å². The van der Waals surface area contributed by atoms with Gasteiger partial charge in [0.1, 0.15) is 0 Å². The molecule has 0 spiro atoms. The number of halogens is 4. The summed E-state index contributed by atoms with van der Waals surface area (Å²) in [5.41, 5.74) is 9.80. The van der Waals surface area contributed by atoms with Crippen molar-refractivity contribution in [3.05, 3.63) is 113 Å². The summed E-state index contributed by atoms with van der Waals surface area (Å²) in [6.07, 6.45) is 8.12. The van der Waals surface area contributed by atoms with Crippen LogP contribution in [-0.4, -0.2) is 9.97 Å². The van der Waals surface area contributed by atoms with E-state index in [0.717, 1.165) is 86.6 Å². The van der Waals surface area contributed by atoms with Crippen LogP contribution in [0.3, 0.4) is 0 Å². The molecule has 9 heterocycles. The van der Waals surface area contributed by atoms with Gasteiger partial charge in [-0.05, 0) is 72.8 Å². The SMILES string of the molecule is Clc1ccc(-c2c3nc(c(-c4ccc(Cl)s4)c4ccc([n-]4)c(-c4ccc(Cl)s4)c4nc(c(-c5ccc(Cl)s5)c5ccc2[n-]5)C=C4)C=C3)s1.[Zn+2]. The zero-order chi connectivity index (χ0) is 32.5. The maximum absolute atomic E-state index is 6.48. The topological polar surface area (TPSA) is 54.0 Å². The summed E-state index contributed by atoms with van der Waals surface area (Å²) in [7, 11) is 0. The fourth-order valence-corrected chi connectivity index (χ4v) is 10.3. The van der Waals surface area contributed by atoms with Crippen LogP contribution < -0.4 is 9.97 Å². The van der Waals surface area contributed by atoms with Gasteiger partial charge in [-0.3, -0.25) is 0 Å². The first-order valence-corrected chi connectivity index (χ1v) is 19.2. The van der Waals surface area contributed by atoms with Gasteiger partial charge in [-0.15, -0.1) is 67.4 Å². The molecule has 0 saturated heterocycles. The van der Waals surface area contributed by atoms with E-state index in [4.69, 9.17) is 66.3 Å². The molecule has 0 amide bonds. The Morgan fingerprint density at radius 3 is 0.816 bits per heavy atom. The van der Waals surface area contributed by atoms with Gasteiger partial charge in [0.2, 0.25) is 0 Å². The fraction of sp³-hybridized carbons (Fsp3) is 0. The van der Waals surface area contributed by atoms with Crippen molar-refractivity contribution in [2.75, 3.05) is 0 Å². The molecule has 49 heavy (non-hydrogen) atoms.